The second kappa shape index (κ2) is 4.98. The van der Waals surface area contributed by atoms with Gasteiger partial charge in [-0.15, -0.1) is 13.1 Å². The minimum Gasteiger partial charge on any atom is -0.656 e. The molecule has 0 aliphatic carbocycles. The standard InChI is InChI=1S/C7H13N2.Rh/c1-6(2)7-5-8-3-4-9-7;/h6H,3-5H2,1-2H3;/q-1;. The van der Waals surface area contributed by atoms with Crippen molar-refractivity contribution in [3.8, 4) is 0 Å². The molecule has 0 fully saturated rings. The van der Waals surface area contributed by atoms with E-state index in [1.165, 1.54) is 5.71 Å². The third-order valence-corrected chi connectivity index (χ3v) is 1.51. The van der Waals surface area contributed by atoms with Crippen LogP contribution in [0.2, 0.25) is 0 Å². The van der Waals surface area contributed by atoms with E-state index in [1.54, 1.807) is 0 Å². The van der Waals surface area contributed by atoms with E-state index in [1.807, 2.05) is 0 Å². The maximum atomic E-state index is 4.35. The van der Waals surface area contributed by atoms with E-state index < -0.39 is 0 Å². The van der Waals surface area contributed by atoms with E-state index >= 15 is 0 Å². The number of nitrogens with zero attached hydrogens (tertiary/aromatic N) is 2. The molecule has 0 bridgehead atoms. The van der Waals surface area contributed by atoms with Crippen LogP contribution < -0.4 is 0 Å². The maximum absolute atomic E-state index is 4.35. The first-order chi connectivity index (χ1) is 4.30. The zero-order chi connectivity index (χ0) is 6.69. The zero-order valence-corrected chi connectivity index (χ0v) is 8.07. The third-order valence-electron chi connectivity index (χ3n) is 1.51. The van der Waals surface area contributed by atoms with Gasteiger partial charge in [0.1, 0.15) is 0 Å². The Hall–Kier alpha value is 0.253. The summed E-state index contributed by atoms with van der Waals surface area (Å²) in [5, 5.41) is 4.25. The molecule has 2 nitrogen and oxygen atoms in total. The molecule has 0 atom stereocenters. The SMILES string of the molecule is CC(C)C1=NCC[N-]C1.[Rh]. The first-order valence-electron chi connectivity index (χ1n) is 3.47. The normalized spacial score (nSPS) is 18.1. The van der Waals surface area contributed by atoms with Crippen LogP contribution in [0, 0.1) is 5.92 Å². The second-order valence-electron chi connectivity index (χ2n) is 2.63. The van der Waals surface area contributed by atoms with E-state index in [0.717, 1.165) is 19.6 Å². The van der Waals surface area contributed by atoms with E-state index in [4.69, 9.17) is 0 Å². The fourth-order valence-electron chi connectivity index (χ4n) is 0.873. The smallest absolute Gasteiger partial charge is 0.0200 e. The van der Waals surface area contributed by atoms with Gasteiger partial charge in [-0.2, -0.15) is 0 Å². The molecule has 10 heavy (non-hydrogen) atoms. The Bertz CT molecular complexity index is 121. The molecule has 1 rings (SSSR count). The molecule has 1 aliphatic heterocycles. The van der Waals surface area contributed by atoms with Crippen molar-refractivity contribution in [1.82, 2.24) is 0 Å². The van der Waals surface area contributed by atoms with Gasteiger partial charge in [0.05, 0.1) is 0 Å². The van der Waals surface area contributed by atoms with Gasteiger partial charge in [-0.25, -0.2) is 0 Å². The first kappa shape index (κ1) is 10.3. The fraction of sp³-hybridized carbons (Fsp3) is 0.857. The first-order valence-corrected chi connectivity index (χ1v) is 3.47. The van der Waals surface area contributed by atoms with Gasteiger partial charge in [-0.05, 0) is 11.6 Å². The van der Waals surface area contributed by atoms with Crippen LogP contribution in [-0.2, 0) is 19.5 Å². The van der Waals surface area contributed by atoms with Crippen molar-refractivity contribution in [2.75, 3.05) is 19.6 Å². The van der Waals surface area contributed by atoms with Gasteiger partial charge in [0, 0.05) is 26.0 Å². The van der Waals surface area contributed by atoms with Crippen molar-refractivity contribution in [1.29, 1.82) is 0 Å². The Labute approximate surface area is 75.3 Å². The molecule has 0 saturated heterocycles. The molecule has 3 heteroatoms. The summed E-state index contributed by atoms with van der Waals surface area (Å²) in [6, 6.07) is 0. The largest absolute Gasteiger partial charge is 0.656 e. The Kier molecular flexibility index (Phi) is 5.10. The van der Waals surface area contributed by atoms with Crippen molar-refractivity contribution >= 4 is 5.71 Å². The Morgan fingerprint density at radius 1 is 1.50 bits per heavy atom. The van der Waals surface area contributed by atoms with Crippen LogP contribution in [0.15, 0.2) is 4.99 Å². The van der Waals surface area contributed by atoms with Gasteiger partial charge in [0.15, 0.2) is 0 Å². The predicted octanol–water partition coefficient (Wildman–Crippen LogP) is 1.47. The molecule has 0 saturated carbocycles. The topological polar surface area (TPSA) is 26.5 Å². The van der Waals surface area contributed by atoms with Crippen molar-refractivity contribution in [3.05, 3.63) is 5.32 Å². The average molecular weight is 228 g/mol. The summed E-state index contributed by atoms with van der Waals surface area (Å²) in [5.41, 5.74) is 1.27. The summed E-state index contributed by atoms with van der Waals surface area (Å²) < 4.78 is 0. The van der Waals surface area contributed by atoms with Crippen LogP contribution >= 0.6 is 0 Å². The van der Waals surface area contributed by atoms with Crippen LogP contribution in [0.5, 0.6) is 0 Å². The molecule has 61 valence electrons. The Morgan fingerprint density at radius 2 is 2.20 bits per heavy atom. The van der Waals surface area contributed by atoms with Crippen molar-refractivity contribution in [3.63, 3.8) is 0 Å². The third kappa shape index (κ3) is 2.89. The minimum absolute atomic E-state index is 0. The molecule has 1 aliphatic rings. The van der Waals surface area contributed by atoms with Gasteiger partial charge in [0.2, 0.25) is 0 Å². The summed E-state index contributed by atoms with van der Waals surface area (Å²) in [5.74, 6) is 0.592. The average Bonchev–Trinajstić information content (AvgIpc) is 1.90. The van der Waals surface area contributed by atoms with E-state index in [0.29, 0.717) is 5.92 Å². The van der Waals surface area contributed by atoms with Gasteiger partial charge in [0.25, 0.3) is 0 Å². The summed E-state index contributed by atoms with van der Waals surface area (Å²) >= 11 is 0. The Balaban J connectivity index is 0.000000810. The van der Waals surface area contributed by atoms with Crippen LogP contribution in [0.1, 0.15) is 13.8 Å². The molecule has 0 spiro atoms. The molecule has 1 heterocycles. The molecule has 0 aromatic rings. The van der Waals surface area contributed by atoms with Crippen LogP contribution in [0.3, 0.4) is 0 Å². The summed E-state index contributed by atoms with van der Waals surface area (Å²) in [6.45, 7) is 7.04. The molecule has 0 N–H and O–H groups in total. The van der Waals surface area contributed by atoms with Gasteiger partial charge in [-0.1, -0.05) is 13.8 Å². The quantitative estimate of drug-likeness (QED) is 0.607. The molecular weight excluding hydrogens is 215 g/mol. The number of rotatable bonds is 1. The summed E-state index contributed by atoms with van der Waals surface area (Å²) in [7, 11) is 0. The van der Waals surface area contributed by atoms with Crippen molar-refractivity contribution in [2.24, 2.45) is 10.9 Å². The van der Waals surface area contributed by atoms with E-state index in [-0.39, 0.29) is 19.5 Å². The Morgan fingerprint density at radius 3 is 2.50 bits per heavy atom. The molecule has 1 radical (unpaired) electrons. The predicted molar refractivity (Wildman–Crippen MR) is 40.2 cm³/mol. The molecule has 0 unspecified atom stereocenters. The molecule has 0 aromatic carbocycles. The molecule has 0 amide bonds. The molecular formula is C7H13N2Rh-. The maximum Gasteiger partial charge on any atom is 0.0200 e. The van der Waals surface area contributed by atoms with Crippen LogP contribution in [-0.4, -0.2) is 25.3 Å². The van der Waals surface area contributed by atoms with Gasteiger partial charge < -0.3 is 5.32 Å². The van der Waals surface area contributed by atoms with E-state index in [2.05, 4.69) is 24.2 Å². The van der Waals surface area contributed by atoms with Crippen LogP contribution in [0.25, 0.3) is 5.32 Å². The van der Waals surface area contributed by atoms with Gasteiger partial charge >= 0.3 is 0 Å². The number of hydrogen-bond acceptors (Lipinski definition) is 1. The van der Waals surface area contributed by atoms with Gasteiger partial charge in [-0.3, -0.25) is 4.99 Å². The number of hydrogen-bond donors (Lipinski definition) is 0. The van der Waals surface area contributed by atoms with E-state index in [9.17, 15) is 0 Å². The van der Waals surface area contributed by atoms with Crippen molar-refractivity contribution < 1.29 is 19.5 Å². The minimum atomic E-state index is 0. The summed E-state index contributed by atoms with van der Waals surface area (Å²) in [4.78, 5) is 4.35. The number of aliphatic imine (C=N–C) groups is 1. The monoisotopic (exact) mass is 228 g/mol. The fourth-order valence-corrected chi connectivity index (χ4v) is 0.873. The van der Waals surface area contributed by atoms with Crippen molar-refractivity contribution in [2.45, 2.75) is 13.8 Å². The van der Waals surface area contributed by atoms with Crippen LogP contribution in [0.4, 0.5) is 0 Å². The molecule has 0 aromatic heterocycles. The summed E-state index contributed by atoms with van der Waals surface area (Å²) in [6.07, 6.45) is 0. The second-order valence-corrected chi connectivity index (χ2v) is 2.63. The zero-order valence-electron chi connectivity index (χ0n) is 6.43.